The van der Waals surface area contributed by atoms with E-state index in [1.54, 1.807) is 35.1 Å². The number of halogens is 1. The molecule has 0 amide bonds. The Morgan fingerprint density at radius 1 is 1.00 bits per heavy atom. The second kappa shape index (κ2) is 7.27. The summed E-state index contributed by atoms with van der Waals surface area (Å²) >= 11 is 5.92. The van der Waals surface area contributed by atoms with Crippen molar-refractivity contribution in [2.45, 2.75) is 13.5 Å². The lowest BCUT2D eigenvalue weighted by Crippen LogP contribution is -2.21. The lowest BCUT2D eigenvalue weighted by atomic mass is 10.1. The molecule has 0 saturated heterocycles. The first-order valence-electron chi connectivity index (χ1n) is 9.31. The third-order valence-electron chi connectivity index (χ3n) is 4.83. The molecule has 3 heterocycles. The summed E-state index contributed by atoms with van der Waals surface area (Å²) in [7, 11) is 0. The van der Waals surface area contributed by atoms with Crippen molar-refractivity contribution in [3.05, 3.63) is 93.8 Å². The Labute approximate surface area is 176 Å². The maximum absolute atomic E-state index is 12.9. The standard InChI is InChI=1S/C22H16ClN5O2/c1-14-2-4-15(5-3-14)18-12-19-22(29)27(10-11-28(19)25-18)13-20-24-21(26-30-20)16-6-8-17(23)9-7-16/h2-12H,13H2,1H3. The van der Waals surface area contributed by atoms with Gasteiger partial charge in [-0.15, -0.1) is 0 Å². The minimum atomic E-state index is -0.186. The molecule has 5 aromatic rings. The van der Waals surface area contributed by atoms with Crippen LogP contribution in [0.3, 0.4) is 0 Å². The molecule has 8 heteroatoms. The van der Waals surface area contributed by atoms with E-state index < -0.39 is 0 Å². The molecular formula is C22H16ClN5O2. The molecular weight excluding hydrogens is 402 g/mol. The number of benzene rings is 2. The van der Waals surface area contributed by atoms with Crippen LogP contribution in [0.2, 0.25) is 5.02 Å². The minimum Gasteiger partial charge on any atom is -0.337 e. The average molecular weight is 418 g/mol. The molecule has 30 heavy (non-hydrogen) atoms. The Hall–Kier alpha value is -3.71. The number of aromatic nitrogens is 5. The van der Waals surface area contributed by atoms with Gasteiger partial charge in [0, 0.05) is 28.5 Å². The van der Waals surface area contributed by atoms with Gasteiger partial charge in [-0.3, -0.25) is 4.79 Å². The first-order valence-corrected chi connectivity index (χ1v) is 9.69. The lowest BCUT2D eigenvalue weighted by Gasteiger charge is -2.01. The van der Waals surface area contributed by atoms with Gasteiger partial charge in [-0.1, -0.05) is 46.6 Å². The highest BCUT2D eigenvalue weighted by Crippen LogP contribution is 2.20. The fourth-order valence-corrected chi connectivity index (χ4v) is 3.32. The highest BCUT2D eigenvalue weighted by molar-refractivity contribution is 6.30. The molecule has 0 spiro atoms. The fourth-order valence-electron chi connectivity index (χ4n) is 3.20. The Bertz CT molecular complexity index is 1400. The number of hydrogen-bond donors (Lipinski definition) is 0. The topological polar surface area (TPSA) is 78.2 Å². The van der Waals surface area contributed by atoms with E-state index in [1.807, 2.05) is 43.3 Å². The molecule has 7 nitrogen and oxygen atoms in total. The second-order valence-corrected chi connectivity index (χ2v) is 7.41. The number of nitrogens with zero attached hydrogens (tertiary/aromatic N) is 5. The Morgan fingerprint density at radius 2 is 1.73 bits per heavy atom. The monoisotopic (exact) mass is 417 g/mol. The maximum Gasteiger partial charge on any atom is 0.277 e. The Kier molecular flexibility index (Phi) is 4.44. The van der Waals surface area contributed by atoms with E-state index in [0.717, 1.165) is 16.8 Å². The molecule has 0 fully saturated rings. The largest absolute Gasteiger partial charge is 0.337 e. The number of aryl methyl sites for hydroxylation is 1. The van der Waals surface area contributed by atoms with E-state index >= 15 is 0 Å². The summed E-state index contributed by atoms with van der Waals surface area (Å²) in [5.74, 6) is 0.784. The van der Waals surface area contributed by atoms with E-state index in [-0.39, 0.29) is 12.1 Å². The molecule has 0 aliphatic heterocycles. The zero-order valence-corrected chi connectivity index (χ0v) is 16.7. The second-order valence-electron chi connectivity index (χ2n) is 6.98. The zero-order chi connectivity index (χ0) is 20.7. The van der Waals surface area contributed by atoms with Crippen LogP contribution < -0.4 is 5.56 Å². The van der Waals surface area contributed by atoms with Gasteiger partial charge >= 0.3 is 0 Å². The predicted octanol–water partition coefficient (Wildman–Crippen LogP) is 4.22. The van der Waals surface area contributed by atoms with E-state index in [0.29, 0.717) is 22.3 Å². The summed E-state index contributed by atoms with van der Waals surface area (Å²) in [5.41, 5.74) is 3.95. The highest BCUT2D eigenvalue weighted by atomic mass is 35.5. The molecule has 0 aliphatic carbocycles. The van der Waals surface area contributed by atoms with Gasteiger partial charge in [0.2, 0.25) is 11.7 Å². The molecule has 5 rings (SSSR count). The van der Waals surface area contributed by atoms with Crippen molar-refractivity contribution < 1.29 is 4.52 Å². The molecule has 0 N–H and O–H groups in total. The van der Waals surface area contributed by atoms with Gasteiger partial charge in [-0.25, -0.2) is 4.52 Å². The Morgan fingerprint density at radius 3 is 2.50 bits per heavy atom. The number of rotatable bonds is 4. The normalized spacial score (nSPS) is 11.3. The SMILES string of the molecule is Cc1ccc(-c2cc3c(=O)n(Cc4nc(-c5ccc(Cl)cc5)no4)ccn3n2)cc1. The van der Waals surface area contributed by atoms with E-state index in [1.165, 1.54) is 10.1 Å². The first-order chi connectivity index (χ1) is 14.6. The van der Waals surface area contributed by atoms with Crippen molar-refractivity contribution in [2.24, 2.45) is 0 Å². The van der Waals surface area contributed by atoms with Crippen LogP contribution in [-0.2, 0) is 6.54 Å². The molecule has 148 valence electrons. The summed E-state index contributed by atoms with van der Waals surface area (Å²) in [4.78, 5) is 17.3. The van der Waals surface area contributed by atoms with Gasteiger partial charge in [-0.2, -0.15) is 10.1 Å². The lowest BCUT2D eigenvalue weighted by molar-refractivity contribution is 0.370. The van der Waals surface area contributed by atoms with E-state index in [9.17, 15) is 4.79 Å². The van der Waals surface area contributed by atoms with Crippen molar-refractivity contribution in [3.63, 3.8) is 0 Å². The van der Waals surface area contributed by atoms with Crippen LogP contribution in [-0.4, -0.2) is 24.3 Å². The van der Waals surface area contributed by atoms with Crippen molar-refractivity contribution in [1.82, 2.24) is 24.3 Å². The predicted molar refractivity (Wildman–Crippen MR) is 113 cm³/mol. The molecule has 2 aromatic carbocycles. The third-order valence-corrected chi connectivity index (χ3v) is 5.08. The summed E-state index contributed by atoms with van der Waals surface area (Å²) in [6.45, 7) is 2.20. The van der Waals surface area contributed by atoms with Gasteiger partial charge in [0.05, 0.1) is 5.69 Å². The van der Waals surface area contributed by atoms with Crippen LogP contribution in [0.15, 0.2) is 76.3 Å². The average Bonchev–Trinajstić information content (AvgIpc) is 3.39. The number of fused-ring (bicyclic) bond motifs is 1. The van der Waals surface area contributed by atoms with E-state index in [4.69, 9.17) is 16.1 Å². The molecule has 0 saturated carbocycles. The van der Waals surface area contributed by atoms with Gasteiger partial charge in [0.15, 0.2) is 0 Å². The number of hydrogen-bond acceptors (Lipinski definition) is 5. The molecule has 0 bridgehead atoms. The fraction of sp³-hybridized carbons (Fsp3) is 0.0909. The van der Waals surface area contributed by atoms with Gasteiger partial charge in [0.25, 0.3) is 5.56 Å². The highest BCUT2D eigenvalue weighted by Gasteiger charge is 2.13. The summed E-state index contributed by atoms with van der Waals surface area (Å²) in [6.07, 6.45) is 3.40. The van der Waals surface area contributed by atoms with Gasteiger partial charge < -0.3 is 9.09 Å². The van der Waals surface area contributed by atoms with Crippen LogP contribution in [0, 0.1) is 6.92 Å². The van der Waals surface area contributed by atoms with E-state index in [2.05, 4.69) is 15.2 Å². The van der Waals surface area contributed by atoms with Crippen molar-refractivity contribution in [3.8, 4) is 22.6 Å². The molecule has 3 aromatic heterocycles. The van der Waals surface area contributed by atoms with Crippen molar-refractivity contribution in [2.75, 3.05) is 0 Å². The zero-order valence-electron chi connectivity index (χ0n) is 16.0. The summed E-state index contributed by atoms with van der Waals surface area (Å²) in [6, 6.07) is 17.0. The molecule has 0 atom stereocenters. The van der Waals surface area contributed by atoms with Crippen LogP contribution in [0.5, 0.6) is 0 Å². The molecule has 0 aliphatic rings. The van der Waals surface area contributed by atoms with Crippen LogP contribution in [0.1, 0.15) is 11.5 Å². The quantitative estimate of drug-likeness (QED) is 0.437. The van der Waals surface area contributed by atoms with Crippen LogP contribution in [0.4, 0.5) is 0 Å². The molecule has 0 unspecified atom stereocenters. The van der Waals surface area contributed by atoms with Gasteiger partial charge in [0.1, 0.15) is 12.1 Å². The summed E-state index contributed by atoms with van der Waals surface area (Å²) in [5, 5.41) is 9.14. The van der Waals surface area contributed by atoms with Crippen molar-refractivity contribution >= 4 is 17.1 Å². The first kappa shape index (κ1) is 18.3. The molecule has 0 radical (unpaired) electrons. The summed E-state index contributed by atoms with van der Waals surface area (Å²) < 4.78 is 8.44. The minimum absolute atomic E-state index is 0.168. The third kappa shape index (κ3) is 3.40. The maximum atomic E-state index is 12.9. The Balaban J connectivity index is 1.45. The smallest absolute Gasteiger partial charge is 0.277 e. The van der Waals surface area contributed by atoms with Crippen LogP contribution in [0.25, 0.3) is 28.2 Å². The van der Waals surface area contributed by atoms with Crippen LogP contribution >= 0.6 is 11.6 Å². The van der Waals surface area contributed by atoms with Gasteiger partial charge in [-0.05, 0) is 37.3 Å². The van der Waals surface area contributed by atoms with Crippen molar-refractivity contribution in [1.29, 1.82) is 0 Å².